The van der Waals surface area contributed by atoms with Crippen molar-refractivity contribution in [2.75, 3.05) is 27.4 Å². The summed E-state index contributed by atoms with van der Waals surface area (Å²) in [5.74, 6) is -0.0107. The highest BCUT2D eigenvalue weighted by Gasteiger charge is 2.43. The van der Waals surface area contributed by atoms with Crippen LogP contribution in [0.5, 0.6) is 11.5 Å². The first kappa shape index (κ1) is 32.4. The van der Waals surface area contributed by atoms with Gasteiger partial charge in [-0.25, -0.2) is 4.79 Å². The van der Waals surface area contributed by atoms with Crippen molar-refractivity contribution >= 4 is 17.8 Å². The molecule has 0 radical (unpaired) electrons. The standard InChI is InChI=1S/C30H47NO8/c1-18(2)21(27(32)20-11-12-24(36-9)26(15-20)37-14-10-13-35-8)16-23(31-29(34)39-30(5,6)7)25-17-22(19(3)4)28(33)38-25/h11-12,15,18-19,21-23,25H,10,13-14,16-17H2,1-9H3,(H,31,34)/t21?,22-,23-,25?/m0/s1. The molecule has 39 heavy (non-hydrogen) atoms. The van der Waals surface area contributed by atoms with Crippen molar-refractivity contribution in [3.8, 4) is 11.5 Å². The van der Waals surface area contributed by atoms with Crippen molar-refractivity contribution < 1.29 is 38.1 Å². The van der Waals surface area contributed by atoms with Crippen LogP contribution < -0.4 is 14.8 Å². The van der Waals surface area contributed by atoms with Crippen molar-refractivity contribution in [1.29, 1.82) is 0 Å². The molecule has 220 valence electrons. The van der Waals surface area contributed by atoms with Gasteiger partial charge in [-0.2, -0.15) is 0 Å². The van der Waals surface area contributed by atoms with Gasteiger partial charge in [0.15, 0.2) is 17.3 Å². The van der Waals surface area contributed by atoms with Crippen molar-refractivity contribution in [3.05, 3.63) is 23.8 Å². The first-order valence-corrected chi connectivity index (χ1v) is 13.8. The highest BCUT2D eigenvalue weighted by molar-refractivity contribution is 5.98. The number of rotatable bonds is 14. The van der Waals surface area contributed by atoms with Crippen molar-refractivity contribution in [2.24, 2.45) is 23.7 Å². The van der Waals surface area contributed by atoms with E-state index in [2.05, 4.69) is 5.32 Å². The molecule has 0 aliphatic carbocycles. The summed E-state index contributed by atoms with van der Waals surface area (Å²) in [5.41, 5.74) is -0.215. The van der Waals surface area contributed by atoms with Crippen LogP contribution >= 0.6 is 0 Å². The Bertz CT molecular complexity index is 968. The van der Waals surface area contributed by atoms with E-state index in [0.29, 0.717) is 43.1 Å². The van der Waals surface area contributed by atoms with Crippen LogP contribution in [0.25, 0.3) is 0 Å². The van der Waals surface area contributed by atoms with Gasteiger partial charge in [-0.3, -0.25) is 9.59 Å². The van der Waals surface area contributed by atoms with Gasteiger partial charge in [0.2, 0.25) is 0 Å². The van der Waals surface area contributed by atoms with E-state index in [9.17, 15) is 14.4 Å². The quantitative estimate of drug-likeness (QED) is 0.186. The molecule has 0 spiro atoms. The van der Waals surface area contributed by atoms with E-state index in [1.807, 2.05) is 27.7 Å². The summed E-state index contributed by atoms with van der Waals surface area (Å²) in [6.45, 7) is 14.2. The number of ether oxygens (including phenoxy) is 5. The third-order valence-corrected chi connectivity index (χ3v) is 6.86. The highest BCUT2D eigenvalue weighted by atomic mass is 16.6. The lowest BCUT2D eigenvalue weighted by Gasteiger charge is -2.30. The summed E-state index contributed by atoms with van der Waals surface area (Å²) < 4.78 is 27.6. The van der Waals surface area contributed by atoms with Crippen LogP contribution in [0.15, 0.2) is 18.2 Å². The number of amides is 1. The lowest BCUT2D eigenvalue weighted by Crippen LogP contribution is -2.47. The van der Waals surface area contributed by atoms with Gasteiger partial charge in [0.05, 0.1) is 25.7 Å². The molecule has 9 nitrogen and oxygen atoms in total. The molecule has 9 heteroatoms. The van der Waals surface area contributed by atoms with E-state index in [-0.39, 0.29) is 35.9 Å². The summed E-state index contributed by atoms with van der Waals surface area (Å²) in [7, 11) is 3.18. The van der Waals surface area contributed by atoms with Gasteiger partial charge < -0.3 is 29.0 Å². The zero-order chi connectivity index (χ0) is 29.3. The molecule has 0 saturated carbocycles. The number of nitrogens with one attached hydrogen (secondary N) is 1. The number of carbonyl (C=O) groups is 3. The van der Waals surface area contributed by atoms with E-state index < -0.39 is 29.8 Å². The Morgan fingerprint density at radius 2 is 1.77 bits per heavy atom. The molecule has 1 aliphatic heterocycles. The number of hydrogen-bond acceptors (Lipinski definition) is 8. The highest BCUT2D eigenvalue weighted by Crippen LogP contribution is 2.34. The van der Waals surface area contributed by atoms with Crippen LogP contribution in [0.3, 0.4) is 0 Å². The molecule has 1 amide bonds. The number of hydrogen-bond donors (Lipinski definition) is 1. The summed E-state index contributed by atoms with van der Waals surface area (Å²) in [4.78, 5) is 39.2. The number of benzene rings is 1. The Labute approximate surface area is 233 Å². The fourth-order valence-electron chi connectivity index (χ4n) is 4.68. The number of ketones is 1. The second-order valence-electron chi connectivity index (χ2n) is 11.8. The molecular formula is C30H47NO8. The Morgan fingerprint density at radius 1 is 1.08 bits per heavy atom. The largest absolute Gasteiger partial charge is 0.493 e. The molecule has 0 bridgehead atoms. The monoisotopic (exact) mass is 549 g/mol. The van der Waals surface area contributed by atoms with Crippen LogP contribution in [0.2, 0.25) is 0 Å². The van der Waals surface area contributed by atoms with Gasteiger partial charge in [0, 0.05) is 31.6 Å². The minimum atomic E-state index is -0.697. The maximum absolute atomic E-state index is 13.8. The first-order chi connectivity index (χ1) is 18.3. The summed E-state index contributed by atoms with van der Waals surface area (Å²) in [6.07, 6.45) is 0.291. The van der Waals surface area contributed by atoms with Crippen LogP contribution in [0.4, 0.5) is 4.79 Å². The number of methoxy groups -OCH3 is 2. The molecule has 1 fully saturated rings. The minimum absolute atomic E-state index is 0.0494. The van der Waals surface area contributed by atoms with Crippen LogP contribution in [0.1, 0.15) is 78.1 Å². The first-order valence-electron chi connectivity index (χ1n) is 13.8. The normalized spacial score (nSPS) is 19.0. The third-order valence-electron chi connectivity index (χ3n) is 6.86. The number of esters is 1. The summed E-state index contributed by atoms with van der Waals surface area (Å²) in [5, 5.41) is 2.91. The zero-order valence-electron chi connectivity index (χ0n) is 25.0. The van der Waals surface area contributed by atoms with Gasteiger partial charge in [0.1, 0.15) is 11.7 Å². The molecule has 1 saturated heterocycles. The Hall–Kier alpha value is -2.81. The van der Waals surface area contributed by atoms with Gasteiger partial charge in [-0.05, 0) is 63.6 Å². The molecule has 2 unspecified atom stereocenters. The predicted molar refractivity (Wildman–Crippen MR) is 148 cm³/mol. The number of cyclic esters (lactones) is 1. The second kappa shape index (κ2) is 14.5. The lowest BCUT2D eigenvalue weighted by atomic mass is 9.80. The number of Topliss-reactive ketones (excluding diaryl/α,β-unsaturated/α-hetero) is 1. The minimum Gasteiger partial charge on any atom is -0.493 e. The van der Waals surface area contributed by atoms with E-state index >= 15 is 0 Å². The molecule has 1 aliphatic rings. The number of alkyl carbamates (subject to hydrolysis) is 1. The fraction of sp³-hybridized carbons (Fsp3) is 0.700. The smallest absolute Gasteiger partial charge is 0.408 e. The molecule has 4 atom stereocenters. The average Bonchev–Trinajstić information content (AvgIpc) is 3.24. The Kier molecular flexibility index (Phi) is 12.1. The Balaban J connectivity index is 2.32. The van der Waals surface area contributed by atoms with Gasteiger partial charge in [0.25, 0.3) is 0 Å². The maximum Gasteiger partial charge on any atom is 0.408 e. The van der Waals surface area contributed by atoms with Crippen LogP contribution in [-0.4, -0.2) is 63.0 Å². The average molecular weight is 550 g/mol. The predicted octanol–water partition coefficient (Wildman–Crippen LogP) is 5.44. The topological polar surface area (TPSA) is 109 Å². The van der Waals surface area contributed by atoms with Gasteiger partial charge >= 0.3 is 12.1 Å². The van der Waals surface area contributed by atoms with Crippen LogP contribution in [-0.2, 0) is 19.0 Å². The molecule has 1 aromatic carbocycles. The van der Waals surface area contributed by atoms with Gasteiger partial charge in [-0.15, -0.1) is 0 Å². The van der Waals surface area contributed by atoms with Gasteiger partial charge in [-0.1, -0.05) is 27.7 Å². The third kappa shape index (κ3) is 9.71. The van der Waals surface area contributed by atoms with E-state index in [1.54, 1.807) is 53.2 Å². The summed E-state index contributed by atoms with van der Waals surface area (Å²) in [6, 6.07) is 4.55. The molecule has 1 aromatic rings. The number of carbonyl (C=O) groups excluding carboxylic acids is 3. The zero-order valence-corrected chi connectivity index (χ0v) is 25.0. The fourth-order valence-corrected chi connectivity index (χ4v) is 4.68. The SMILES string of the molecule is COCCCOc1cc(C(=O)C(C[C@H](NC(=O)OC(C)(C)C)C2C[C@@H](C(C)C)C(=O)O2)C(C)C)ccc1OC. The van der Waals surface area contributed by atoms with E-state index in [1.165, 1.54) is 0 Å². The second-order valence-corrected chi connectivity index (χ2v) is 11.8. The molecular weight excluding hydrogens is 502 g/mol. The maximum atomic E-state index is 13.8. The summed E-state index contributed by atoms with van der Waals surface area (Å²) >= 11 is 0. The van der Waals surface area contributed by atoms with Crippen molar-refractivity contribution in [3.63, 3.8) is 0 Å². The van der Waals surface area contributed by atoms with Crippen molar-refractivity contribution in [1.82, 2.24) is 5.32 Å². The lowest BCUT2D eigenvalue weighted by molar-refractivity contribution is -0.146. The molecule has 1 heterocycles. The molecule has 1 N–H and O–H groups in total. The Morgan fingerprint density at radius 3 is 2.31 bits per heavy atom. The molecule has 2 rings (SSSR count). The van der Waals surface area contributed by atoms with E-state index in [0.717, 1.165) is 0 Å². The van der Waals surface area contributed by atoms with Crippen molar-refractivity contribution in [2.45, 2.75) is 85.5 Å². The van der Waals surface area contributed by atoms with Crippen LogP contribution in [0, 0.1) is 23.7 Å². The van der Waals surface area contributed by atoms with E-state index in [4.69, 9.17) is 23.7 Å². The molecule has 0 aromatic heterocycles.